The van der Waals surface area contributed by atoms with Crippen LogP contribution in [-0.4, -0.2) is 12.3 Å². The number of carbonyl (C=O) groups excluding carboxylic acids is 1. The van der Waals surface area contributed by atoms with Crippen molar-refractivity contribution in [2.45, 2.75) is 19.8 Å². The van der Waals surface area contributed by atoms with Gasteiger partial charge in [-0.2, -0.15) is 0 Å². The normalized spacial score (nSPS) is 12.5. The SMILES string of the molecule is CC(CCCN)C(=O)c1cccc(F)c1. The molecule has 0 saturated carbocycles. The van der Waals surface area contributed by atoms with Gasteiger partial charge in [0.05, 0.1) is 0 Å². The van der Waals surface area contributed by atoms with Crippen molar-refractivity contribution in [3.63, 3.8) is 0 Å². The number of hydrogen-bond donors (Lipinski definition) is 1. The van der Waals surface area contributed by atoms with E-state index in [1.807, 2.05) is 6.92 Å². The molecule has 0 aliphatic heterocycles. The van der Waals surface area contributed by atoms with E-state index in [1.165, 1.54) is 12.1 Å². The molecule has 0 spiro atoms. The number of nitrogens with two attached hydrogens (primary N) is 1. The fourth-order valence-corrected chi connectivity index (χ4v) is 1.48. The highest BCUT2D eigenvalue weighted by molar-refractivity contribution is 5.97. The summed E-state index contributed by atoms with van der Waals surface area (Å²) in [5.74, 6) is -0.467. The lowest BCUT2D eigenvalue weighted by atomic mass is 9.95. The predicted molar refractivity (Wildman–Crippen MR) is 58.2 cm³/mol. The van der Waals surface area contributed by atoms with Crippen LogP contribution in [-0.2, 0) is 0 Å². The zero-order valence-corrected chi connectivity index (χ0v) is 8.87. The minimum absolute atomic E-state index is 0.0112. The molecule has 0 aliphatic carbocycles. The number of Topliss-reactive ketones (excluding diaryl/α,β-unsaturated/α-hetero) is 1. The zero-order valence-electron chi connectivity index (χ0n) is 8.87. The van der Waals surface area contributed by atoms with Crippen LogP contribution in [0, 0.1) is 11.7 Å². The van der Waals surface area contributed by atoms with Gasteiger partial charge < -0.3 is 5.73 Å². The van der Waals surface area contributed by atoms with Gasteiger partial charge in [-0.15, -0.1) is 0 Å². The van der Waals surface area contributed by atoms with Gasteiger partial charge >= 0.3 is 0 Å². The van der Waals surface area contributed by atoms with Gasteiger partial charge in [0.1, 0.15) is 5.82 Å². The number of benzene rings is 1. The molecule has 0 heterocycles. The Morgan fingerprint density at radius 1 is 1.53 bits per heavy atom. The maximum absolute atomic E-state index is 12.9. The fraction of sp³-hybridized carbons (Fsp3) is 0.417. The van der Waals surface area contributed by atoms with E-state index in [2.05, 4.69) is 0 Å². The van der Waals surface area contributed by atoms with Crippen molar-refractivity contribution >= 4 is 5.78 Å². The number of halogens is 1. The second-order valence-corrected chi connectivity index (χ2v) is 3.71. The Morgan fingerprint density at radius 2 is 2.27 bits per heavy atom. The van der Waals surface area contributed by atoms with E-state index in [4.69, 9.17) is 5.73 Å². The molecule has 82 valence electrons. The molecular formula is C12H16FNO. The lowest BCUT2D eigenvalue weighted by Gasteiger charge is -2.09. The molecule has 0 amide bonds. The molecule has 2 N–H and O–H groups in total. The molecule has 1 rings (SSSR count). The summed E-state index contributed by atoms with van der Waals surface area (Å²) in [4.78, 5) is 11.8. The highest BCUT2D eigenvalue weighted by Gasteiger charge is 2.14. The molecule has 0 fully saturated rings. The van der Waals surface area contributed by atoms with Crippen molar-refractivity contribution in [3.05, 3.63) is 35.6 Å². The zero-order chi connectivity index (χ0) is 11.3. The van der Waals surface area contributed by atoms with E-state index < -0.39 is 0 Å². The van der Waals surface area contributed by atoms with E-state index in [0.29, 0.717) is 12.1 Å². The topological polar surface area (TPSA) is 43.1 Å². The van der Waals surface area contributed by atoms with Gasteiger partial charge in [-0.25, -0.2) is 4.39 Å². The minimum atomic E-state index is -0.369. The van der Waals surface area contributed by atoms with Crippen molar-refractivity contribution in [3.8, 4) is 0 Å². The molecule has 3 heteroatoms. The van der Waals surface area contributed by atoms with Gasteiger partial charge in [0, 0.05) is 11.5 Å². The molecule has 0 saturated heterocycles. The summed E-state index contributed by atoms with van der Waals surface area (Å²) in [7, 11) is 0. The molecule has 1 aromatic rings. The quantitative estimate of drug-likeness (QED) is 0.756. The molecule has 1 aromatic carbocycles. The highest BCUT2D eigenvalue weighted by Crippen LogP contribution is 2.14. The Labute approximate surface area is 89.3 Å². The summed E-state index contributed by atoms with van der Waals surface area (Å²) in [5, 5.41) is 0. The third-order valence-electron chi connectivity index (χ3n) is 2.40. The van der Waals surface area contributed by atoms with Crippen LogP contribution in [0.5, 0.6) is 0 Å². The van der Waals surface area contributed by atoms with Crippen LogP contribution in [0.4, 0.5) is 4.39 Å². The summed E-state index contributed by atoms with van der Waals surface area (Å²) in [6, 6.07) is 5.81. The van der Waals surface area contributed by atoms with Gasteiger partial charge in [-0.1, -0.05) is 19.1 Å². The molecule has 0 aromatic heterocycles. The molecule has 1 atom stereocenters. The fourth-order valence-electron chi connectivity index (χ4n) is 1.48. The van der Waals surface area contributed by atoms with Gasteiger partial charge in [-0.3, -0.25) is 4.79 Å². The van der Waals surface area contributed by atoms with Crippen LogP contribution >= 0.6 is 0 Å². The first kappa shape index (κ1) is 11.9. The van der Waals surface area contributed by atoms with Crippen LogP contribution in [0.3, 0.4) is 0 Å². The van der Waals surface area contributed by atoms with Crippen LogP contribution in [0.2, 0.25) is 0 Å². The van der Waals surface area contributed by atoms with Gasteiger partial charge in [-0.05, 0) is 31.5 Å². The Balaban J connectivity index is 2.67. The average Bonchev–Trinajstić information content (AvgIpc) is 2.24. The average molecular weight is 209 g/mol. The lowest BCUT2D eigenvalue weighted by molar-refractivity contribution is 0.0923. The van der Waals surface area contributed by atoms with Crippen molar-refractivity contribution < 1.29 is 9.18 Å². The monoisotopic (exact) mass is 209 g/mol. The first-order valence-corrected chi connectivity index (χ1v) is 5.15. The van der Waals surface area contributed by atoms with Crippen LogP contribution in [0.25, 0.3) is 0 Å². The van der Waals surface area contributed by atoms with Crippen LogP contribution < -0.4 is 5.73 Å². The van der Waals surface area contributed by atoms with E-state index in [1.54, 1.807) is 12.1 Å². The summed E-state index contributed by atoms with van der Waals surface area (Å²) in [6.45, 7) is 2.43. The predicted octanol–water partition coefficient (Wildman–Crippen LogP) is 2.38. The van der Waals surface area contributed by atoms with Crippen LogP contribution in [0.1, 0.15) is 30.1 Å². The first-order valence-electron chi connectivity index (χ1n) is 5.15. The van der Waals surface area contributed by atoms with Crippen molar-refractivity contribution in [2.24, 2.45) is 11.7 Å². The van der Waals surface area contributed by atoms with E-state index in [0.717, 1.165) is 12.8 Å². The Morgan fingerprint density at radius 3 is 2.87 bits per heavy atom. The summed E-state index contributed by atoms with van der Waals surface area (Å²) >= 11 is 0. The largest absolute Gasteiger partial charge is 0.330 e. The van der Waals surface area contributed by atoms with E-state index >= 15 is 0 Å². The summed E-state index contributed by atoms with van der Waals surface area (Å²) in [5.41, 5.74) is 5.81. The summed E-state index contributed by atoms with van der Waals surface area (Å²) < 4.78 is 12.9. The smallest absolute Gasteiger partial charge is 0.165 e. The Bertz CT molecular complexity index is 338. The molecule has 1 unspecified atom stereocenters. The number of ketones is 1. The van der Waals surface area contributed by atoms with E-state index in [-0.39, 0.29) is 17.5 Å². The van der Waals surface area contributed by atoms with E-state index in [9.17, 15) is 9.18 Å². The molecular weight excluding hydrogens is 193 g/mol. The number of carbonyl (C=O) groups is 1. The van der Waals surface area contributed by atoms with Gasteiger partial charge in [0.25, 0.3) is 0 Å². The third kappa shape index (κ3) is 3.44. The summed E-state index contributed by atoms with van der Waals surface area (Å²) in [6.07, 6.45) is 1.58. The second-order valence-electron chi connectivity index (χ2n) is 3.71. The Hall–Kier alpha value is -1.22. The highest BCUT2D eigenvalue weighted by atomic mass is 19.1. The molecule has 0 radical (unpaired) electrons. The van der Waals surface area contributed by atoms with Crippen molar-refractivity contribution in [1.82, 2.24) is 0 Å². The molecule has 2 nitrogen and oxygen atoms in total. The molecule has 15 heavy (non-hydrogen) atoms. The Kier molecular flexibility index (Phi) is 4.43. The number of hydrogen-bond acceptors (Lipinski definition) is 2. The first-order chi connectivity index (χ1) is 7.15. The maximum atomic E-state index is 12.9. The standard InChI is InChI=1S/C12H16FNO/c1-9(4-3-7-14)12(15)10-5-2-6-11(13)8-10/h2,5-6,8-9H,3-4,7,14H2,1H3. The number of rotatable bonds is 5. The lowest BCUT2D eigenvalue weighted by Crippen LogP contribution is -2.13. The maximum Gasteiger partial charge on any atom is 0.165 e. The van der Waals surface area contributed by atoms with Crippen LogP contribution in [0.15, 0.2) is 24.3 Å². The third-order valence-corrected chi connectivity index (χ3v) is 2.40. The van der Waals surface area contributed by atoms with Gasteiger partial charge in [0.15, 0.2) is 5.78 Å². The second kappa shape index (κ2) is 5.61. The van der Waals surface area contributed by atoms with Crippen molar-refractivity contribution in [1.29, 1.82) is 0 Å². The molecule has 0 aliphatic rings. The van der Waals surface area contributed by atoms with Crippen molar-refractivity contribution in [2.75, 3.05) is 6.54 Å². The minimum Gasteiger partial charge on any atom is -0.330 e. The van der Waals surface area contributed by atoms with Gasteiger partial charge in [0.2, 0.25) is 0 Å². The molecule has 0 bridgehead atoms.